The van der Waals surface area contributed by atoms with E-state index in [9.17, 15) is 0 Å². The van der Waals surface area contributed by atoms with Crippen LogP contribution in [0.1, 0.15) is 51.3 Å². The summed E-state index contributed by atoms with van der Waals surface area (Å²) in [4.78, 5) is 4.32. The molecule has 1 aromatic carbocycles. The maximum absolute atomic E-state index is 4.32. The zero-order chi connectivity index (χ0) is 13.3. The standard InChI is InChI=1S/C16H25N/c1-8-13-10-9-12(2)11-14(13)15(3,4)16(5,6)17-7/h9-11H,7-8H2,1-6H3. The Morgan fingerprint density at radius 3 is 2.24 bits per heavy atom. The highest BCUT2D eigenvalue weighted by Crippen LogP contribution is 2.39. The van der Waals surface area contributed by atoms with E-state index in [-0.39, 0.29) is 11.0 Å². The van der Waals surface area contributed by atoms with Crippen molar-refractivity contribution >= 4 is 6.72 Å². The molecule has 0 radical (unpaired) electrons. The summed E-state index contributed by atoms with van der Waals surface area (Å²) < 4.78 is 0. The quantitative estimate of drug-likeness (QED) is 0.685. The van der Waals surface area contributed by atoms with Crippen LogP contribution in [-0.2, 0) is 11.8 Å². The molecule has 0 aliphatic carbocycles. The molecule has 0 spiro atoms. The lowest BCUT2D eigenvalue weighted by atomic mass is 9.68. The third kappa shape index (κ3) is 2.43. The van der Waals surface area contributed by atoms with Gasteiger partial charge >= 0.3 is 0 Å². The highest BCUT2D eigenvalue weighted by Gasteiger charge is 2.38. The topological polar surface area (TPSA) is 12.4 Å². The molecule has 0 amide bonds. The Morgan fingerprint density at radius 1 is 1.18 bits per heavy atom. The van der Waals surface area contributed by atoms with Crippen molar-refractivity contribution in [2.75, 3.05) is 0 Å². The summed E-state index contributed by atoms with van der Waals surface area (Å²) in [6.45, 7) is 16.9. The molecule has 1 rings (SSSR count). The lowest BCUT2D eigenvalue weighted by Crippen LogP contribution is -2.41. The Hall–Kier alpha value is -1.11. The van der Waals surface area contributed by atoms with Gasteiger partial charge in [0.2, 0.25) is 0 Å². The van der Waals surface area contributed by atoms with E-state index < -0.39 is 0 Å². The van der Waals surface area contributed by atoms with Crippen molar-refractivity contribution in [3.63, 3.8) is 0 Å². The fourth-order valence-corrected chi connectivity index (χ4v) is 2.11. The van der Waals surface area contributed by atoms with E-state index >= 15 is 0 Å². The van der Waals surface area contributed by atoms with E-state index in [2.05, 4.69) is 71.5 Å². The number of aryl methyl sites for hydroxylation is 2. The molecule has 0 saturated heterocycles. The Labute approximate surface area is 106 Å². The van der Waals surface area contributed by atoms with Crippen molar-refractivity contribution in [1.29, 1.82) is 0 Å². The van der Waals surface area contributed by atoms with Gasteiger partial charge < -0.3 is 0 Å². The van der Waals surface area contributed by atoms with Crippen LogP contribution in [0.3, 0.4) is 0 Å². The smallest absolute Gasteiger partial charge is 0.0635 e. The van der Waals surface area contributed by atoms with Crippen LogP contribution in [-0.4, -0.2) is 12.3 Å². The molecule has 0 unspecified atom stereocenters. The summed E-state index contributed by atoms with van der Waals surface area (Å²) >= 11 is 0. The van der Waals surface area contributed by atoms with Gasteiger partial charge in [-0.2, -0.15) is 0 Å². The Morgan fingerprint density at radius 2 is 1.76 bits per heavy atom. The zero-order valence-electron chi connectivity index (χ0n) is 12.1. The Kier molecular flexibility index (Phi) is 3.81. The van der Waals surface area contributed by atoms with E-state index in [0.717, 1.165) is 6.42 Å². The molecule has 0 N–H and O–H groups in total. The van der Waals surface area contributed by atoms with Crippen LogP contribution < -0.4 is 0 Å². The minimum atomic E-state index is -0.162. The summed E-state index contributed by atoms with van der Waals surface area (Å²) in [6, 6.07) is 6.73. The molecule has 0 heterocycles. The molecule has 0 bridgehead atoms. The average molecular weight is 231 g/mol. The summed E-state index contributed by atoms with van der Waals surface area (Å²) in [7, 11) is 0. The van der Waals surface area contributed by atoms with E-state index in [1.807, 2.05) is 0 Å². The zero-order valence-corrected chi connectivity index (χ0v) is 12.1. The third-order valence-electron chi connectivity index (χ3n) is 4.24. The van der Waals surface area contributed by atoms with Gasteiger partial charge in [-0.1, -0.05) is 44.5 Å². The number of hydrogen-bond donors (Lipinski definition) is 0. The maximum Gasteiger partial charge on any atom is 0.0635 e. The predicted octanol–water partition coefficient (Wildman–Crippen LogP) is 4.31. The maximum atomic E-state index is 4.32. The highest BCUT2D eigenvalue weighted by atomic mass is 14.8. The van der Waals surface area contributed by atoms with Gasteiger partial charge in [0.05, 0.1) is 5.54 Å². The Bertz CT molecular complexity index is 414. The highest BCUT2D eigenvalue weighted by molar-refractivity contribution is 5.40. The molecule has 94 valence electrons. The van der Waals surface area contributed by atoms with E-state index in [0.29, 0.717) is 0 Å². The van der Waals surface area contributed by atoms with Crippen molar-refractivity contribution in [2.45, 2.75) is 58.9 Å². The second kappa shape index (κ2) is 4.64. The molecule has 1 nitrogen and oxygen atoms in total. The molecule has 0 fully saturated rings. The van der Waals surface area contributed by atoms with Gasteiger partial charge in [-0.3, -0.25) is 4.99 Å². The van der Waals surface area contributed by atoms with Crippen molar-refractivity contribution in [1.82, 2.24) is 0 Å². The minimum absolute atomic E-state index is 0.00782. The predicted molar refractivity (Wildman–Crippen MR) is 77.2 cm³/mol. The van der Waals surface area contributed by atoms with Gasteiger partial charge in [-0.25, -0.2) is 0 Å². The fourth-order valence-electron chi connectivity index (χ4n) is 2.11. The van der Waals surface area contributed by atoms with Crippen molar-refractivity contribution in [3.05, 3.63) is 34.9 Å². The first-order valence-corrected chi connectivity index (χ1v) is 6.34. The van der Waals surface area contributed by atoms with Crippen LogP contribution in [0.4, 0.5) is 0 Å². The fraction of sp³-hybridized carbons (Fsp3) is 0.562. The van der Waals surface area contributed by atoms with E-state index in [4.69, 9.17) is 0 Å². The van der Waals surface area contributed by atoms with Gasteiger partial charge in [0, 0.05) is 5.41 Å². The second-order valence-electron chi connectivity index (χ2n) is 5.86. The monoisotopic (exact) mass is 231 g/mol. The Balaban J connectivity index is 3.41. The normalized spacial score (nSPS) is 12.6. The molecule has 0 aromatic heterocycles. The summed E-state index contributed by atoms with van der Waals surface area (Å²) in [5.74, 6) is 0. The molecular weight excluding hydrogens is 206 g/mol. The molecule has 0 aliphatic heterocycles. The largest absolute Gasteiger partial charge is 0.294 e. The minimum Gasteiger partial charge on any atom is -0.294 e. The van der Waals surface area contributed by atoms with Gasteiger partial charge in [-0.15, -0.1) is 0 Å². The van der Waals surface area contributed by atoms with Crippen LogP contribution >= 0.6 is 0 Å². The van der Waals surface area contributed by atoms with Crippen LogP contribution in [0.15, 0.2) is 23.2 Å². The first-order valence-electron chi connectivity index (χ1n) is 6.34. The number of hydrogen-bond acceptors (Lipinski definition) is 1. The van der Waals surface area contributed by atoms with Gasteiger partial charge in [0.25, 0.3) is 0 Å². The third-order valence-corrected chi connectivity index (χ3v) is 4.24. The lowest BCUT2D eigenvalue weighted by molar-refractivity contribution is 0.309. The lowest BCUT2D eigenvalue weighted by Gasteiger charge is -2.40. The SMILES string of the molecule is C=NC(C)(C)C(C)(C)c1cc(C)ccc1CC. The molecule has 1 aromatic rings. The van der Waals surface area contributed by atoms with Crippen molar-refractivity contribution < 1.29 is 0 Å². The average Bonchev–Trinajstić information content (AvgIpc) is 2.28. The van der Waals surface area contributed by atoms with E-state index in [1.165, 1.54) is 16.7 Å². The number of rotatable bonds is 4. The molecule has 0 saturated carbocycles. The molecule has 17 heavy (non-hydrogen) atoms. The number of aliphatic imine (C=N–C) groups is 1. The van der Waals surface area contributed by atoms with Crippen molar-refractivity contribution in [3.8, 4) is 0 Å². The van der Waals surface area contributed by atoms with Gasteiger partial charge in [0.15, 0.2) is 0 Å². The second-order valence-corrected chi connectivity index (χ2v) is 5.86. The number of nitrogens with zero attached hydrogens (tertiary/aromatic N) is 1. The van der Waals surface area contributed by atoms with E-state index in [1.54, 1.807) is 0 Å². The summed E-state index contributed by atoms with van der Waals surface area (Å²) in [6.07, 6.45) is 1.06. The van der Waals surface area contributed by atoms with Crippen LogP contribution in [0, 0.1) is 6.92 Å². The van der Waals surface area contributed by atoms with Crippen LogP contribution in [0.2, 0.25) is 0 Å². The van der Waals surface area contributed by atoms with Crippen molar-refractivity contribution in [2.24, 2.45) is 4.99 Å². The molecule has 0 aliphatic rings. The van der Waals surface area contributed by atoms with Gasteiger partial charge in [-0.05, 0) is 45.0 Å². The first-order chi connectivity index (χ1) is 7.76. The van der Waals surface area contributed by atoms with Crippen LogP contribution in [0.5, 0.6) is 0 Å². The van der Waals surface area contributed by atoms with Gasteiger partial charge in [0.1, 0.15) is 0 Å². The van der Waals surface area contributed by atoms with Crippen LogP contribution in [0.25, 0.3) is 0 Å². The molecular formula is C16H25N. The first kappa shape index (κ1) is 14.0. The number of benzene rings is 1. The summed E-state index contributed by atoms with van der Waals surface area (Å²) in [5.41, 5.74) is 3.96. The molecule has 1 heteroatoms. The summed E-state index contributed by atoms with van der Waals surface area (Å²) in [5, 5.41) is 0. The molecule has 0 atom stereocenters.